The zero-order chi connectivity index (χ0) is 22.7. The number of carbonyl (C=O) groups excluding carboxylic acids is 4. The summed E-state index contributed by atoms with van der Waals surface area (Å²) in [5.74, 6) is -1.43. The molecule has 8 nitrogen and oxygen atoms in total. The number of rotatable bonds is 8. The van der Waals surface area contributed by atoms with E-state index in [-0.39, 0.29) is 24.9 Å². The lowest BCUT2D eigenvalue weighted by molar-refractivity contribution is -0.141. The molecule has 4 rings (SSSR count). The molecule has 2 aliphatic rings. The van der Waals surface area contributed by atoms with Crippen molar-refractivity contribution in [1.82, 2.24) is 15.5 Å². The fraction of sp³-hybridized carbons (Fsp3) is 0.333. The van der Waals surface area contributed by atoms with Gasteiger partial charge in [-0.25, -0.2) is 0 Å². The summed E-state index contributed by atoms with van der Waals surface area (Å²) in [6, 6.07) is 14.9. The second-order valence-corrected chi connectivity index (χ2v) is 7.96. The minimum absolute atomic E-state index is 0.0276. The largest absolute Gasteiger partial charge is 0.469 e. The highest BCUT2D eigenvalue weighted by atomic mass is 16.5. The molecule has 0 saturated heterocycles. The zero-order valence-corrected chi connectivity index (χ0v) is 17.7. The number of ether oxygens (including phenoxy) is 1. The van der Waals surface area contributed by atoms with Gasteiger partial charge in [0.05, 0.1) is 26.1 Å². The molecule has 1 aliphatic carbocycles. The molecule has 0 radical (unpaired) electrons. The maximum atomic E-state index is 13.0. The number of hydrogen-bond acceptors (Lipinski definition) is 5. The van der Waals surface area contributed by atoms with Gasteiger partial charge in [0.1, 0.15) is 6.04 Å². The summed E-state index contributed by atoms with van der Waals surface area (Å²) in [6.07, 6.45) is 1.71. The number of nitrogens with one attached hydrogen (secondary N) is 2. The monoisotopic (exact) mass is 435 g/mol. The Morgan fingerprint density at radius 2 is 1.75 bits per heavy atom. The lowest BCUT2D eigenvalue weighted by atomic mass is 10.0. The lowest BCUT2D eigenvalue weighted by Crippen LogP contribution is -2.44. The number of amides is 3. The maximum Gasteiger partial charge on any atom is 0.307 e. The highest BCUT2D eigenvalue weighted by molar-refractivity contribution is 6.05. The van der Waals surface area contributed by atoms with Crippen molar-refractivity contribution >= 4 is 23.7 Å². The van der Waals surface area contributed by atoms with Crippen molar-refractivity contribution in [2.45, 2.75) is 37.4 Å². The van der Waals surface area contributed by atoms with Crippen LogP contribution in [0.1, 0.15) is 52.8 Å². The van der Waals surface area contributed by atoms with Crippen LogP contribution in [0.3, 0.4) is 0 Å². The van der Waals surface area contributed by atoms with E-state index in [1.807, 2.05) is 18.2 Å². The molecule has 1 saturated carbocycles. The molecule has 1 heterocycles. The van der Waals surface area contributed by atoms with Gasteiger partial charge in [0.15, 0.2) is 0 Å². The summed E-state index contributed by atoms with van der Waals surface area (Å²) in [5.41, 5.74) is 1.95. The van der Waals surface area contributed by atoms with Crippen LogP contribution >= 0.6 is 0 Å². The Bertz CT molecular complexity index is 1030. The number of fused-ring (bicyclic) bond motifs is 1. The quantitative estimate of drug-likeness (QED) is 0.616. The molecule has 3 amide bonds. The Morgan fingerprint density at radius 3 is 2.44 bits per heavy atom. The second-order valence-electron chi connectivity index (χ2n) is 7.96. The first-order valence-electron chi connectivity index (χ1n) is 10.6. The van der Waals surface area contributed by atoms with Crippen LogP contribution in [0.4, 0.5) is 0 Å². The summed E-state index contributed by atoms with van der Waals surface area (Å²) in [4.78, 5) is 51.8. The van der Waals surface area contributed by atoms with Crippen LogP contribution in [0, 0.1) is 0 Å². The minimum atomic E-state index is -0.737. The van der Waals surface area contributed by atoms with Crippen LogP contribution in [0.2, 0.25) is 0 Å². The number of hydrogen-bond donors (Lipinski definition) is 2. The summed E-state index contributed by atoms with van der Waals surface area (Å²) < 4.78 is 4.74. The number of carbonyl (C=O) groups is 4. The molecule has 32 heavy (non-hydrogen) atoms. The number of methoxy groups -OCH3 is 1. The summed E-state index contributed by atoms with van der Waals surface area (Å²) in [7, 11) is 1.29. The molecule has 0 aromatic heterocycles. The van der Waals surface area contributed by atoms with Crippen molar-refractivity contribution in [3.8, 4) is 0 Å². The normalized spacial score (nSPS) is 18.0. The summed E-state index contributed by atoms with van der Waals surface area (Å²) in [5, 5.41) is 5.45. The van der Waals surface area contributed by atoms with E-state index in [4.69, 9.17) is 4.74 Å². The van der Waals surface area contributed by atoms with Crippen molar-refractivity contribution in [3.63, 3.8) is 0 Å². The van der Waals surface area contributed by atoms with Crippen LogP contribution in [-0.4, -0.2) is 48.3 Å². The SMILES string of the molecule is COC(=O)C[C@@H](NC(=O)CNC(=O)[C@H]1c2ccccc2C(=O)N1C1CC1)c1ccccc1. The Kier molecular flexibility index (Phi) is 6.20. The van der Waals surface area contributed by atoms with Crippen molar-refractivity contribution < 1.29 is 23.9 Å². The average molecular weight is 435 g/mol. The average Bonchev–Trinajstić information content (AvgIpc) is 3.61. The standard InChI is InChI=1S/C24H25N3O5/c1-32-21(29)13-19(15-7-3-2-4-8-15)26-20(28)14-25-23(30)22-17-9-5-6-10-18(17)24(31)27(22)16-11-12-16/h2-10,16,19,22H,11-14H2,1H3,(H,25,30)(H,26,28)/t19-,22-/m1/s1. The van der Waals surface area contributed by atoms with E-state index in [0.29, 0.717) is 11.1 Å². The molecule has 2 aromatic rings. The van der Waals surface area contributed by atoms with Crippen molar-refractivity contribution in [3.05, 3.63) is 71.3 Å². The van der Waals surface area contributed by atoms with E-state index in [1.165, 1.54) is 7.11 Å². The van der Waals surface area contributed by atoms with E-state index in [1.54, 1.807) is 41.3 Å². The zero-order valence-electron chi connectivity index (χ0n) is 17.7. The van der Waals surface area contributed by atoms with Crippen LogP contribution in [-0.2, 0) is 19.1 Å². The van der Waals surface area contributed by atoms with E-state index in [9.17, 15) is 19.2 Å². The molecule has 2 N–H and O–H groups in total. The Morgan fingerprint density at radius 1 is 1.06 bits per heavy atom. The Hall–Kier alpha value is -3.68. The Balaban J connectivity index is 1.42. The molecule has 0 spiro atoms. The first-order valence-corrected chi connectivity index (χ1v) is 10.6. The van der Waals surface area contributed by atoms with Gasteiger partial charge in [0.2, 0.25) is 11.8 Å². The third-order valence-electron chi connectivity index (χ3n) is 5.75. The first kappa shape index (κ1) is 21.5. The molecule has 1 aliphatic heterocycles. The van der Waals surface area contributed by atoms with Gasteiger partial charge in [0.25, 0.3) is 5.91 Å². The first-order chi connectivity index (χ1) is 15.5. The fourth-order valence-electron chi connectivity index (χ4n) is 4.03. The Labute approximate surface area is 185 Å². The third kappa shape index (κ3) is 4.49. The number of nitrogens with zero attached hydrogens (tertiary/aromatic N) is 1. The molecule has 2 atom stereocenters. The van der Waals surface area contributed by atoms with Gasteiger partial charge in [-0.15, -0.1) is 0 Å². The predicted octanol–water partition coefficient (Wildman–Crippen LogP) is 1.88. The topological polar surface area (TPSA) is 105 Å². The smallest absolute Gasteiger partial charge is 0.307 e. The van der Waals surface area contributed by atoms with Gasteiger partial charge in [-0.3, -0.25) is 19.2 Å². The number of benzene rings is 2. The molecule has 0 bridgehead atoms. The predicted molar refractivity (Wildman–Crippen MR) is 115 cm³/mol. The lowest BCUT2D eigenvalue weighted by Gasteiger charge is -2.24. The third-order valence-corrected chi connectivity index (χ3v) is 5.75. The van der Waals surface area contributed by atoms with Crippen molar-refractivity contribution in [2.24, 2.45) is 0 Å². The van der Waals surface area contributed by atoms with Gasteiger partial charge in [0, 0.05) is 11.6 Å². The van der Waals surface area contributed by atoms with Crippen LogP contribution in [0.15, 0.2) is 54.6 Å². The highest BCUT2D eigenvalue weighted by Crippen LogP contribution is 2.41. The molecule has 8 heteroatoms. The van der Waals surface area contributed by atoms with Gasteiger partial charge < -0.3 is 20.3 Å². The van der Waals surface area contributed by atoms with Gasteiger partial charge >= 0.3 is 5.97 Å². The molecule has 166 valence electrons. The minimum Gasteiger partial charge on any atom is -0.469 e. The summed E-state index contributed by atoms with van der Waals surface area (Å²) >= 11 is 0. The van der Waals surface area contributed by atoms with Crippen LogP contribution in [0.25, 0.3) is 0 Å². The maximum absolute atomic E-state index is 13.0. The van der Waals surface area contributed by atoms with Gasteiger partial charge in [-0.2, -0.15) is 0 Å². The van der Waals surface area contributed by atoms with E-state index < -0.39 is 29.9 Å². The fourth-order valence-corrected chi connectivity index (χ4v) is 4.03. The van der Waals surface area contributed by atoms with Crippen molar-refractivity contribution in [2.75, 3.05) is 13.7 Å². The van der Waals surface area contributed by atoms with Gasteiger partial charge in [-0.1, -0.05) is 48.5 Å². The number of esters is 1. The van der Waals surface area contributed by atoms with E-state index >= 15 is 0 Å². The molecular weight excluding hydrogens is 410 g/mol. The molecule has 0 unspecified atom stereocenters. The van der Waals surface area contributed by atoms with Crippen molar-refractivity contribution in [1.29, 1.82) is 0 Å². The molecule has 2 aromatic carbocycles. The molecular formula is C24H25N3O5. The van der Waals surface area contributed by atoms with Crippen LogP contribution in [0.5, 0.6) is 0 Å². The van der Waals surface area contributed by atoms with Gasteiger partial charge in [-0.05, 0) is 30.0 Å². The highest BCUT2D eigenvalue weighted by Gasteiger charge is 2.47. The second kappa shape index (κ2) is 9.21. The summed E-state index contributed by atoms with van der Waals surface area (Å²) in [6.45, 7) is -0.269. The molecule has 1 fully saturated rings. The van der Waals surface area contributed by atoms with E-state index in [0.717, 1.165) is 18.4 Å². The van der Waals surface area contributed by atoms with E-state index in [2.05, 4.69) is 10.6 Å². The van der Waals surface area contributed by atoms with Crippen LogP contribution < -0.4 is 10.6 Å².